The molecule has 1 saturated heterocycles. The molecule has 2 aromatic heterocycles. The predicted molar refractivity (Wildman–Crippen MR) is 106 cm³/mol. The van der Waals surface area contributed by atoms with Crippen LogP contribution in [0.4, 0.5) is 0 Å². The molecule has 1 aliphatic heterocycles. The number of rotatable bonds is 4. The molecule has 1 N–H and O–H groups in total. The molecule has 1 fully saturated rings. The molecular formula is C21H23ClN4. The molecular weight excluding hydrogens is 344 g/mol. The van der Waals surface area contributed by atoms with E-state index >= 15 is 0 Å². The van der Waals surface area contributed by atoms with Gasteiger partial charge in [-0.05, 0) is 62.3 Å². The SMILES string of the molecule is CCN1CCC(c2[nH]nc(-c3ccc(Cl)cc3)c2-c2ccncc2)CC1. The number of nitrogens with one attached hydrogen (secondary N) is 1. The maximum Gasteiger partial charge on any atom is 0.100 e. The Labute approximate surface area is 159 Å². The molecule has 26 heavy (non-hydrogen) atoms. The lowest BCUT2D eigenvalue weighted by Gasteiger charge is -2.31. The smallest absolute Gasteiger partial charge is 0.100 e. The van der Waals surface area contributed by atoms with E-state index in [9.17, 15) is 0 Å². The second-order valence-electron chi connectivity index (χ2n) is 6.81. The molecule has 0 spiro atoms. The summed E-state index contributed by atoms with van der Waals surface area (Å²) in [6, 6.07) is 12.0. The van der Waals surface area contributed by atoms with E-state index in [0.29, 0.717) is 5.92 Å². The van der Waals surface area contributed by atoms with Crippen LogP contribution in [0.3, 0.4) is 0 Å². The van der Waals surface area contributed by atoms with Crippen molar-refractivity contribution in [2.45, 2.75) is 25.7 Å². The van der Waals surface area contributed by atoms with Crippen LogP contribution in [-0.4, -0.2) is 39.7 Å². The fourth-order valence-electron chi connectivity index (χ4n) is 3.82. The summed E-state index contributed by atoms with van der Waals surface area (Å²) in [4.78, 5) is 6.69. The van der Waals surface area contributed by atoms with E-state index in [1.165, 1.54) is 11.3 Å². The van der Waals surface area contributed by atoms with Crippen LogP contribution in [0, 0.1) is 0 Å². The van der Waals surface area contributed by atoms with Gasteiger partial charge in [0, 0.05) is 40.2 Å². The van der Waals surface area contributed by atoms with Gasteiger partial charge in [0.15, 0.2) is 0 Å². The first kappa shape index (κ1) is 17.3. The zero-order valence-corrected chi connectivity index (χ0v) is 15.7. The van der Waals surface area contributed by atoms with E-state index in [1.54, 1.807) is 0 Å². The summed E-state index contributed by atoms with van der Waals surface area (Å²) in [5, 5.41) is 8.81. The number of nitrogens with zero attached hydrogens (tertiary/aromatic N) is 3. The molecule has 0 saturated carbocycles. The zero-order chi connectivity index (χ0) is 17.9. The van der Waals surface area contributed by atoms with Crippen molar-refractivity contribution in [3.63, 3.8) is 0 Å². The van der Waals surface area contributed by atoms with E-state index in [-0.39, 0.29) is 0 Å². The van der Waals surface area contributed by atoms with Crippen LogP contribution in [0.15, 0.2) is 48.8 Å². The van der Waals surface area contributed by atoms with Crippen molar-refractivity contribution in [2.75, 3.05) is 19.6 Å². The van der Waals surface area contributed by atoms with Gasteiger partial charge in [-0.1, -0.05) is 30.7 Å². The first-order valence-electron chi connectivity index (χ1n) is 9.23. The van der Waals surface area contributed by atoms with Crippen LogP contribution in [0.5, 0.6) is 0 Å². The molecule has 4 nitrogen and oxygen atoms in total. The summed E-state index contributed by atoms with van der Waals surface area (Å²) in [6.45, 7) is 5.65. The number of hydrogen-bond donors (Lipinski definition) is 1. The predicted octanol–water partition coefficient (Wildman–Crippen LogP) is 4.99. The van der Waals surface area contributed by atoms with Crippen LogP contribution in [0.2, 0.25) is 5.02 Å². The minimum absolute atomic E-state index is 0.509. The molecule has 0 atom stereocenters. The van der Waals surface area contributed by atoms with Crippen molar-refractivity contribution in [2.24, 2.45) is 0 Å². The van der Waals surface area contributed by atoms with Crippen LogP contribution in [-0.2, 0) is 0 Å². The molecule has 5 heteroatoms. The van der Waals surface area contributed by atoms with Gasteiger partial charge in [0.05, 0.1) is 0 Å². The second kappa shape index (κ2) is 7.60. The standard InChI is InChI=1S/C21H23ClN4/c1-2-26-13-9-17(10-14-26)21-19(15-7-11-23-12-8-15)20(24-25-21)16-3-5-18(22)6-4-16/h3-8,11-12,17H,2,9-10,13-14H2,1H3,(H,24,25). The van der Waals surface area contributed by atoms with Gasteiger partial charge in [-0.2, -0.15) is 5.10 Å². The summed E-state index contributed by atoms with van der Waals surface area (Å²) in [6.07, 6.45) is 6.01. The van der Waals surface area contributed by atoms with Crippen molar-refractivity contribution >= 4 is 11.6 Å². The molecule has 0 bridgehead atoms. The Hall–Kier alpha value is -2.17. The van der Waals surface area contributed by atoms with Gasteiger partial charge < -0.3 is 4.90 Å². The fraction of sp³-hybridized carbons (Fsp3) is 0.333. The van der Waals surface area contributed by atoms with E-state index in [2.05, 4.69) is 34.0 Å². The van der Waals surface area contributed by atoms with Gasteiger partial charge in [0.25, 0.3) is 0 Å². The Morgan fingerprint density at radius 3 is 2.38 bits per heavy atom. The van der Waals surface area contributed by atoms with Crippen LogP contribution in [0.25, 0.3) is 22.4 Å². The molecule has 3 aromatic rings. The average molecular weight is 367 g/mol. The van der Waals surface area contributed by atoms with Gasteiger partial charge in [-0.25, -0.2) is 0 Å². The topological polar surface area (TPSA) is 44.8 Å². The summed E-state index contributed by atoms with van der Waals surface area (Å²) < 4.78 is 0. The Kier molecular flexibility index (Phi) is 5.05. The van der Waals surface area contributed by atoms with E-state index in [1.807, 2.05) is 36.7 Å². The summed E-state index contributed by atoms with van der Waals surface area (Å²) in [7, 11) is 0. The molecule has 0 aliphatic carbocycles. The largest absolute Gasteiger partial charge is 0.304 e. The Morgan fingerprint density at radius 2 is 1.73 bits per heavy atom. The number of halogens is 1. The third-order valence-electron chi connectivity index (χ3n) is 5.32. The fourth-order valence-corrected chi connectivity index (χ4v) is 3.94. The van der Waals surface area contributed by atoms with Gasteiger partial charge in [0.1, 0.15) is 5.69 Å². The maximum absolute atomic E-state index is 6.07. The van der Waals surface area contributed by atoms with Crippen molar-refractivity contribution in [1.82, 2.24) is 20.1 Å². The maximum atomic E-state index is 6.07. The number of aromatic amines is 1. The van der Waals surface area contributed by atoms with Gasteiger partial charge in [0.2, 0.25) is 0 Å². The Balaban J connectivity index is 1.76. The van der Waals surface area contributed by atoms with Gasteiger partial charge in [-0.15, -0.1) is 0 Å². The van der Waals surface area contributed by atoms with Crippen LogP contribution in [0.1, 0.15) is 31.4 Å². The number of hydrogen-bond acceptors (Lipinski definition) is 3. The monoisotopic (exact) mass is 366 g/mol. The van der Waals surface area contributed by atoms with Gasteiger partial charge >= 0.3 is 0 Å². The lowest BCUT2D eigenvalue weighted by Crippen LogP contribution is -2.32. The zero-order valence-electron chi connectivity index (χ0n) is 15.0. The number of piperidine rings is 1. The van der Waals surface area contributed by atoms with Gasteiger partial charge in [-0.3, -0.25) is 10.1 Å². The molecule has 0 unspecified atom stereocenters. The summed E-state index contributed by atoms with van der Waals surface area (Å²) in [5.74, 6) is 0.509. The first-order valence-corrected chi connectivity index (χ1v) is 9.61. The molecule has 134 valence electrons. The third-order valence-corrected chi connectivity index (χ3v) is 5.58. The average Bonchev–Trinajstić information content (AvgIpc) is 3.14. The molecule has 4 rings (SSSR count). The van der Waals surface area contributed by atoms with Crippen molar-refractivity contribution in [3.8, 4) is 22.4 Å². The van der Waals surface area contributed by atoms with Crippen LogP contribution >= 0.6 is 11.6 Å². The normalized spacial score (nSPS) is 16.1. The highest BCUT2D eigenvalue weighted by Gasteiger charge is 2.26. The highest BCUT2D eigenvalue weighted by Crippen LogP contribution is 2.39. The summed E-state index contributed by atoms with van der Waals surface area (Å²) >= 11 is 6.07. The third kappa shape index (κ3) is 3.39. The Morgan fingerprint density at radius 1 is 1.04 bits per heavy atom. The number of benzene rings is 1. The Bertz CT molecular complexity index is 849. The first-order chi connectivity index (χ1) is 12.8. The second-order valence-corrected chi connectivity index (χ2v) is 7.25. The van der Waals surface area contributed by atoms with Crippen molar-refractivity contribution in [1.29, 1.82) is 0 Å². The number of likely N-dealkylation sites (tertiary alicyclic amines) is 1. The van der Waals surface area contributed by atoms with Crippen molar-refractivity contribution in [3.05, 3.63) is 59.5 Å². The lowest BCUT2D eigenvalue weighted by atomic mass is 9.88. The summed E-state index contributed by atoms with van der Waals surface area (Å²) in [5.41, 5.74) is 5.67. The molecule has 0 radical (unpaired) electrons. The van der Waals surface area contributed by atoms with E-state index in [4.69, 9.17) is 16.7 Å². The molecule has 1 aromatic carbocycles. The van der Waals surface area contributed by atoms with Crippen LogP contribution < -0.4 is 0 Å². The number of H-pyrrole nitrogens is 1. The molecule has 1 aliphatic rings. The number of pyridine rings is 1. The quantitative estimate of drug-likeness (QED) is 0.707. The highest BCUT2D eigenvalue weighted by atomic mass is 35.5. The van der Waals surface area contributed by atoms with E-state index in [0.717, 1.165) is 54.3 Å². The van der Waals surface area contributed by atoms with Crippen molar-refractivity contribution < 1.29 is 0 Å². The van der Waals surface area contributed by atoms with E-state index < -0.39 is 0 Å². The molecule has 0 amide bonds. The minimum atomic E-state index is 0.509. The highest BCUT2D eigenvalue weighted by molar-refractivity contribution is 6.30. The molecule has 3 heterocycles. The lowest BCUT2D eigenvalue weighted by molar-refractivity contribution is 0.221. The minimum Gasteiger partial charge on any atom is -0.304 e. The number of aromatic nitrogens is 3.